The largest absolute Gasteiger partial charge is 0.493 e. The van der Waals surface area contributed by atoms with E-state index in [2.05, 4.69) is 5.32 Å². The van der Waals surface area contributed by atoms with Gasteiger partial charge in [-0.05, 0) is 31.7 Å². The Hall–Kier alpha value is -4.11. The number of carbonyl (C=O) groups is 3. The highest BCUT2D eigenvalue weighted by Gasteiger charge is 2.32. The van der Waals surface area contributed by atoms with E-state index in [9.17, 15) is 19.2 Å². The van der Waals surface area contributed by atoms with Crippen LogP contribution in [0.5, 0.6) is 5.75 Å². The standard InChI is InChI=1S/C33H36N4O5.ClH/c1-35-28-24-14-8-9-15-25(24)37(20-26(38)21-10-4-3-5-11-21)33(41)27(28)30(42-2)29(35)31(39)34-23-16-18-36(19-17-23)32(40)22-12-6-7-13-22;/h3-5,8-11,14-15,22-23H,6-7,12-13,16-20H2,1-2H3,(H,34,39);1H. The van der Waals surface area contributed by atoms with Crippen molar-refractivity contribution in [3.8, 4) is 5.75 Å². The van der Waals surface area contributed by atoms with Crippen molar-refractivity contribution < 1.29 is 19.1 Å². The highest BCUT2D eigenvalue weighted by atomic mass is 35.5. The lowest BCUT2D eigenvalue weighted by Gasteiger charge is -2.34. The van der Waals surface area contributed by atoms with Gasteiger partial charge in [-0.2, -0.15) is 0 Å². The Kier molecular flexibility index (Phi) is 8.92. The molecule has 1 aliphatic heterocycles. The molecule has 2 aromatic carbocycles. The maximum atomic E-state index is 14.0. The number of aryl methyl sites for hydroxylation is 1. The van der Waals surface area contributed by atoms with Crippen LogP contribution in [0.3, 0.4) is 0 Å². The van der Waals surface area contributed by atoms with Crippen LogP contribution in [0.15, 0.2) is 59.4 Å². The monoisotopic (exact) mass is 604 g/mol. The first kappa shape index (κ1) is 30.4. The summed E-state index contributed by atoms with van der Waals surface area (Å²) in [5.41, 5.74) is 1.57. The number of benzene rings is 2. The molecule has 10 heteroatoms. The average molecular weight is 605 g/mol. The molecule has 0 radical (unpaired) electrons. The van der Waals surface area contributed by atoms with Crippen molar-refractivity contribution in [1.82, 2.24) is 19.4 Å². The quantitative estimate of drug-likeness (QED) is 0.308. The Labute approximate surface area is 256 Å². The van der Waals surface area contributed by atoms with Gasteiger partial charge in [0.1, 0.15) is 5.39 Å². The Bertz CT molecular complexity index is 1730. The third-order valence-electron chi connectivity index (χ3n) is 8.92. The fourth-order valence-electron chi connectivity index (χ4n) is 6.72. The van der Waals surface area contributed by atoms with E-state index >= 15 is 0 Å². The minimum Gasteiger partial charge on any atom is -0.493 e. The number of fused-ring (bicyclic) bond motifs is 3. The number of nitrogens with one attached hydrogen (secondary N) is 1. The number of aromatic nitrogens is 2. The molecular formula is C33H37ClN4O5. The van der Waals surface area contributed by atoms with Gasteiger partial charge in [0.2, 0.25) is 5.91 Å². The third-order valence-corrected chi connectivity index (χ3v) is 8.92. The number of ketones is 1. The summed E-state index contributed by atoms with van der Waals surface area (Å²) in [5.74, 6) is 0.0736. The summed E-state index contributed by atoms with van der Waals surface area (Å²) in [4.78, 5) is 55.7. The summed E-state index contributed by atoms with van der Waals surface area (Å²) >= 11 is 0. The molecule has 2 aromatic heterocycles. The lowest BCUT2D eigenvalue weighted by Crippen LogP contribution is -2.48. The average Bonchev–Trinajstić information content (AvgIpc) is 3.66. The molecule has 1 N–H and O–H groups in total. The molecule has 2 aliphatic rings. The van der Waals surface area contributed by atoms with Crippen molar-refractivity contribution in [2.75, 3.05) is 20.2 Å². The van der Waals surface area contributed by atoms with Gasteiger partial charge in [0.15, 0.2) is 17.2 Å². The molecular weight excluding hydrogens is 568 g/mol. The van der Waals surface area contributed by atoms with Crippen LogP contribution >= 0.6 is 12.4 Å². The number of amides is 2. The molecule has 2 amide bonds. The predicted molar refractivity (Wildman–Crippen MR) is 168 cm³/mol. The maximum absolute atomic E-state index is 14.0. The Morgan fingerprint density at radius 2 is 1.58 bits per heavy atom. The molecule has 0 unspecified atom stereocenters. The second kappa shape index (κ2) is 12.6. The molecule has 1 saturated heterocycles. The molecule has 0 atom stereocenters. The fourth-order valence-corrected chi connectivity index (χ4v) is 6.72. The number of hydrogen-bond acceptors (Lipinski definition) is 5. The number of rotatable bonds is 7. The predicted octanol–water partition coefficient (Wildman–Crippen LogP) is 4.72. The van der Waals surface area contributed by atoms with Crippen molar-refractivity contribution >= 4 is 51.8 Å². The Balaban J connectivity index is 0.00000368. The van der Waals surface area contributed by atoms with Crippen molar-refractivity contribution in [3.05, 3.63) is 76.2 Å². The Morgan fingerprint density at radius 1 is 0.930 bits per heavy atom. The second-order valence-corrected chi connectivity index (χ2v) is 11.4. The van der Waals surface area contributed by atoms with Crippen LogP contribution < -0.4 is 15.6 Å². The van der Waals surface area contributed by atoms with Gasteiger partial charge in [-0.1, -0.05) is 61.4 Å². The van der Waals surface area contributed by atoms with Crippen molar-refractivity contribution in [2.45, 2.75) is 51.1 Å². The summed E-state index contributed by atoms with van der Waals surface area (Å²) in [6, 6.07) is 16.2. The van der Waals surface area contributed by atoms with Crippen LogP contribution in [0.25, 0.3) is 21.8 Å². The van der Waals surface area contributed by atoms with Crippen LogP contribution in [0.2, 0.25) is 0 Å². The summed E-state index contributed by atoms with van der Waals surface area (Å²) in [7, 11) is 3.21. The molecule has 1 aliphatic carbocycles. The molecule has 3 heterocycles. The number of halogens is 1. The molecule has 226 valence electrons. The molecule has 2 fully saturated rings. The number of methoxy groups -OCH3 is 1. The smallest absolute Gasteiger partial charge is 0.272 e. The number of para-hydroxylation sites is 1. The lowest BCUT2D eigenvalue weighted by atomic mass is 10.0. The van der Waals surface area contributed by atoms with Gasteiger partial charge in [-0.25, -0.2) is 0 Å². The number of nitrogens with zero attached hydrogens (tertiary/aromatic N) is 3. The third kappa shape index (κ3) is 5.54. The summed E-state index contributed by atoms with van der Waals surface area (Å²) in [6.07, 6.45) is 5.56. The zero-order valence-electron chi connectivity index (χ0n) is 24.5. The van der Waals surface area contributed by atoms with Crippen LogP contribution in [0.1, 0.15) is 59.4 Å². The van der Waals surface area contributed by atoms with Crippen LogP contribution in [0, 0.1) is 5.92 Å². The van der Waals surface area contributed by atoms with Crippen molar-refractivity contribution in [2.24, 2.45) is 13.0 Å². The fraction of sp³-hybridized carbons (Fsp3) is 0.394. The molecule has 4 aromatic rings. The van der Waals surface area contributed by atoms with E-state index in [1.807, 2.05) is 35.2 Å². The normalized spacial score (nSPS) is 15.9. The van der Waals surface area contributed by atoms with Gasteiger partial charge in [0, 0.05) is 43.0 Å². The first-order valence-electron chi connectivity index (χ1n) is 14.7. The van der Waals surface area contributed by atoms with Gasteiger partial charge < -0.3 is 19.5 Å². The topological polar surface area (TPSA) is 103 Å². The number of carbonyl (C=O) groups excluding carboxylic acids is 3. The van der Waals surface area contributed by atoms with E-state index in [1.165, 1.54) is 11.7 Å². The van der Waals surface area contributed by atoms with Gasteiger partial charge >= 0.3 is 0 Å². The van der Waals surface area contributed by atoms with Crippen molar-refractivity contribution in [3.63, 3.8) is 0 Å². The lowest BCUT2D eigenvalue weighted by molar-refractivity contribution is -0.136. The van der Waals surface area contributed by atoms with Gasteiger partial charge in [-0.3, -0.25) is 23.7 Å². The van der Waals surface area contributed by atoms with Gasteiger partial charge in [-0.15, -0.1) is 12.4 Å². The molecule has 1 saturated carbocycles. The first-order valence-corrected chi connectivity index (χ1v) is 14.7. The van der Waals surface area contributed by atoms with Crippen LogP contribution in [-0.4, -0.2) is 57.9 Å². The highest BCUT2D eigenvalue weighted by Crippen LogP contribution is 2.35. The van der Waals surface area contributed by atoms with E-state index in [-0.39, 0.29) is 65.3 Å². The Morgan fingerprint density at radius 3 is 2.26 bits per heavy atom. The van der Waals surface area contributed by atoms with Crippen LogP contribution in [0.4, 0.5) is 0 Å². The number of hydrogen-bond donors (Lipinski definition) is 1. The molecule has 0 spiro atoms. The van der Waals surface area contributed by atoms with E-state index in [1.54, 1.807) is 35.9 Å². The number of pyridine rings is 1. The molecule has 9 nitrogen and oxygen atoms in total. The van der Waals surface area contributed by atoms with Gasteiger partial charge in [0.05, 0.1) is 24.7 Å². The van der Waals surface area contributed by atoms with Crippen molar-refractivity contribution in [1.29, 1.82) is 0 Å². The number of likely N-dealkylation sites (tertiary alicyclic amines) is 1. The zero-order valence-corrected chi connectivity index (χ0v) is 25.3. The number of Topliss-reactive ketones (excluding diaryl/α,β-unsaturated/α-hetero) is 1. The summed E-state index contributed by atoms with van der Waals surface area (Å²) < 4.78 is 8.92. The first-order chi connectivity index (χ1) is 20.4. The van der Waals surface area contributed by atoms with E-state index in [0.29, 0.717) is 42.5 Å². The molecule has 0 bridgehead atoms. The minimum atomic E-state index is -0.391. The summed E-state index contributed by atoms with van der Waals surface area (Å²) in [5, 5.41) is 4.14. The zero-order chi connectivity index (χ0) is 29.4. The molecule has 43 heavy (non-hydrogen) atoms. The summed E-state index contributed by atoms with van der Waals surface area (Å²) in [6.45, 7) is 1.10. The minimum absolute atomic E-state index is 0. The van der Waals surface area contributed by atoms with Crippen LogP contribution in [-0.2, 0) is 18.4 Å². The number of piperidine rings is 1. The van der Waals surface area contributed by atoms with Gasteiger partial charge in [0.25, 0.3) is 11.5 Å². The maximum Gasteiger partial charge on any atom is 0.272 e. The van der Waals surface area contributed by atoms with E-state index < -0.39 is 5.56 Å². The van der Waals surface area contributed by atoms with E-state index in [0.717, 1.165) is 31.1 Å². The highest BCUT2D eigenvalue weighted by molar-refractivity contribution is 6.12. The SMILES string of the molecule is COc1c(C(=O)NC2CCN(C(=O)C3CCCC3)CC2)n(C)c2c1c(=O)n(CC(=O)c1ccccc1)c1ccccc21.Cl. The second-order valence-electron chi connectivity index (χ2n) is 11.4. The van der Waals surface area contributed by atoms with E-state index in [4.69, 9.17) is 4.74 Å². The molecule has 6 rings (SSSR count). The number of ether oxygens (including phenoxy) is 1.